The second-order valence-electron chi connectivity index (χ2n) is 4.36. The van der Waals surface area contributed by atoms with Crippen LogP contribution in [-0.4, -0.2) is 27.6 Å². The van der Waals surface area contributed by atoms with Crippen molar-refractivity contribution in [2.75, 3.05) is 13.2 Å². The van der Waals surface area contributed by atoms with Gasteiger partial charge in [-0.3, -0.25) is 4.18 Å². The van der Waals surface area contributed by atoms with E-state index in [4.69, 9.17) is 8.92 Å². The molecule has 1 rings (SSSR count). The summed E-state index contributed by atoms with van der Waals surface area (Å²) in [6.07, 6.45) is 0.296. The summed E-state index contributed by atoms with van der Waals surface area (Å²) < 4.78 is 33.3. The molecule has 0 N–H and O–H groups in total. The Morgan fingerprint density at radius 3 is 2.35 bits per heavy atom. The third kappa shape index (κ3) is 5.14. The number of ether oxygens (including phenoxy) is 1. The molecule has 0 aliphatic heterocycles. The number of esters is 1. The number of hydrogen-bond donors (Lipinski definition) is 0. The van der Waals surface area contributed by atoms with Crippen LogP contribution in [-0.2, 0) is 23.8 Å². The highest BCUT2D eigenvalue weighted by atomic mass is 32.2. The lowest BCUT2D eigenvalue weighted by Crippen LogP contribution is -2.11. The molecule has 0 spiro atoms. The molecule has 0 bridgehead atoms. The van der Waals surface area contributed by atoms with Gasteiger partial charge >= 0.3 is 5.97 Å². The van der Waals surface area contributed by atoms with Gasteiger partial charge in [-0.2, -0.15) is 8.42 Å². The number of benzene rings is 1. The Morgan fingerprint density at radius 2 is 1.80 bits per heavy atom. The van der Waals surface area contributed by atoms with E-state index in [0.29, 0.717) is 12.0 Å². The molecule has 0 heterocycles. The fourth-order valence-corrected chi connectivity index (χ4v) is 2.23. The van der Waals surface area contributed by atoms with Crippen LogP contribution in [0.15, 0.2) is 41.3 Å². The zero-order valence-electron chi connectivity index (χ0n) is 11.6. The van der Waals surface area contributed by atoms with Crippen LogP contribution in [0.3, 0.4) is 0 Å². The lowest BCUT2D eigenvalue weighted by atomic mass is 10.2. The largest absolute Gasteiger partial charge is 0.462 e. The van der Waals surface area contributed by atoms with Crippen LogP contribution in [0.25, 0.3) is 0 Å². The summed E-state index contributed by atoms with van der Waals surface area (Å²) >= 11 is 0. The van der Waals surface area contributed by atoms with Gasteiger partial charge in [0, 0.05) is 12.0 Å². The molecule has 0 saturated heterocycles. The van der Waals surface area contributed by atoms with Crippen LogP contribution in [0.5, 0.6) is 0 Å². The van der Waals surface area contributed by atoms with Crippen molar-refractivity contribution in [2.24, 2.45) is 0 Å². The molecule has 20 heavy (non-hydrogen) atoms. The van der Waals surface area contributed by atoms with Crippen LogP contribution in [0.4, 0.5) is 0 Å². The van der Waals surface area contributed by atoms with E-state index in [1.54, 1.807) is 19.1 Å². The number of hydrogen-bond acceptors (Lipinski definition) is 5. The minimum Gasteiger partial charge on any atom is -0.462 e. The first-order chi connectivity index (χ1) is 9.33. The summed E-state index contributed by atoms with van der Waals surface area (Å²) in [4.78, 5) is 11.2. The summed E-state index contributed by atoms with van der Waals surface area (Å²) in [5, 5.41) is 0. The quantitative estimate of drug-likeness (QED) is 0.334. The van der Waals surface area contributed by atoms with Crippen LogP contribution < -0.4 is 0 Å². The van der Waals surface area contributed by atoms with E-state index in [9.17, 15) is 13.2 Å². The minimum absolute atomic E-state index is 0.0420. The van der Waals surface area contributed by atoms with Gasteiger partial charge in [0.15, 0.2) is 0 Å². The van der Waals surface area contributed by atoms with Crippen molar-refractivity contribution in [2.45, 2.75) is 25.2 Å². The average Bonchev–Trinajstić information content (AvgIpc) is 2.38. The van der Waals surface area contributed by atoms with Crippen molar-refractivity contribution in [1.82, 2.24) is 0 Å². The molecule has 0 atom stereocenters. The predicted molar refractivity (Wildman–Crippen MR) is 74.7 cm³/mol. The lowest BCUT2D eigenvalue weighted by molar-refractivity contribution is -0.139. The maximum absolute atomic E-state index is 11.8. The summed E-state index contributed by atoms with van der Waals surface area (Å²) in [6.45, 7) is 6.90. The Hall–Kier alpha value is -1.66. The van der Waals surface area contributed by atoms with Gasteiger partial charge in [-0.25, -0.2) is 4.79 Å². The van der Waals surface area contributed by atoms with E-state index in [2.05, 4.69) is 6.58 Å². The molecule has 0 unspecified atom stereocenters. The first-order valence-corrected chi connectivity index (χ1v) is 7.52. The van der Waals surface area contributed by atoms with Gasteiger partial charge in [0.2, 0.25) is 0 Å². The van der Waals surface area contributed by atoms with E-state index < -0.39 is 16.1 Å². The van der Waals surface area contributed by atoms with Crippen molar-refractivity contribution < 1.29 is 22.1 Å². The number of rotatable bonds is 7. The summed E-state index contributed by atoms with van der Waals surface area (Å²) in [5.41, 5.74) is 1.27. The second-order valence-corrected chi connectivity index (χ2v) is 5.97. The van der Waals surface area contributed by atoms with Crippen molar-refractivity contribution in [3.05, 3.63) is 42.0 Å². The minimum atomic E-state index is -3.75. The summed E-state index contributed by atoms with van der Waals surface area (Å²) in [5.74, 6) is -0.494. The average molecular weight is 298 g/mol. The van der Waals surface area contributed by atoms with Gasteiger partial charge in [0.1, 0.15) is 0 Å². The van der Waals surface area contributed by atoms with E-state index in [1.807, 2.05) is 6.92 Å². The molecule has 110 valence electrons. The van der Waals surface area contributed by atoms with Gasteiger partial charge in [-0.1, -0.05) is 24.3 Å². The fourth-order valence-electron chi connectivity index (χ4n) is 1.29. The zero-order chi connectivity index (χ0) is 15.2. The highest BCUT2D eigenvalue weighted by molar-refractivity contribution is 7.86. The van der Waals surface area contributed by atoms with Crippen LogP contribution >= 0.6 is 0 Å². The predicted octanol–water partition coefficient (Wildman–Crippen LogP) is 2.21. The maximum Gasteiger partial charge on any atom is 0.333 e. The summed E-state index contributed by atoms with van der Waals surface area (Å²) in [7, 11) is -3.75. The molecule has 0 radical (unpaired) electrons. The molecule has 0 aliphatic carbocycles. The molecule has 6 heteroatoms. The van der Waals surface area contributed by atoms with Gasteiger partial charge in [-0.15, -0.1) is 0 Å². The maximum atomic E-state index is 11.8. The number of carbonyl (C=O) groups is 1. The lowest BCUT2D eigenvalue weighted by Gasteiger charge is -2.06. The Morgan fingerprint density at radius 1 is 1.20 bits per heavy atom. The zero-order valence-corrected chi connectivity index (χ0v) is 12.4. The van der Waals surface area contributed by atoms with Crippen molar-refractivity contribution in [1.29, 1.82) is 0 Å². The molecule has 0 aliphatic rings. The Bertz CT molecular complexity index is 572. The third-order valence-corrected chi connectivity index (χ3v) is 3.74. The van der Waals surface area contributed by atoms with Gasteiger partial charge < -0.3 is 4.74 Å². The fraction of sp³-hybridized carbons (Fsp3) is 0.357. The first-order valence-electron chi connectivity index (χ1n) is 6.11. The Balaban J connectivity index is 2.39. The van der Waals surface area contributed by atoms with Gasteiger partial charge in [0.25, 0.3) is 10.1 Å². The third-order valence-electron chi connectivity index (χ3n) is 2.42. The molecule has 0 aromatic heterocycles. The normalized spacial score (nSPS) is 11.1. The monoisotopic (exact) mass is 298 g/mol. The summed E-state index contributed by atoms with van der Waals surface area (Å²) in [6, 6.07) is 6.38. The van der Waals surface area contributed by atoms with Crippen molar-refractivity contribution in [3.8, 4) is 0 Å². The van der Waals surface area contributed by atoms with E-state index >= 15 is 0 Å². The SMILES string of the molecule is C=C(C)C(=O)OCCCOS(=O)(=O)c1ccc(C)cc1. The highest BCUT2D eigenvalue weighted by Crippen LogP contribution is 2.13. The molecule has 0 saturated carbocycles. The molecule has 1 aromatic carbocycles. The van der Waals surface area contributed by atoms with Crippen LogP contribution in [0.1, 0.15) is 18.9 Å². The second kappa shape index (κ2) is 7.21. The van der Waals surface area contributed by atoms with Crippen molar-refractivity contribution in [3.63, 3.8) is 0 Å². The van der Waals surface area contributed by atoms with Crippen molar-refractivity contribution >= 4 is 16.1 Å². The standard InChI is InChI=1S/C14H18O5S/c1-11(2)14(15)18-9-4-10-19-20(16,17)13-7-5-12(3)6-8-13/h5-8H,1,4,9-10H2,2-3H3. The van der Waals surface area contributed by atoms with Gasteiger partial charge in [-0.05, 0) is 26.0 Å². The van der Waals surface area contributed by atoms with E-state index in [-0.39, 0.29) is 18.1 Å². The van der Waals surface area contributed by atoms with Crippen LogP contribution in [0, 0.1) is 6.92 Å². The topological polar surface area (TPSA) is 69.7 Å². The molecule has 0 fully saturated rings. The highest BCUT2D eigenvalue weighted by Gasteiger charge is 2.14. The van der Waals surface area contributed by atoms with Crippen LogP contribution in [0.2, 0.25) is 0 Å². The molecule has 1 aromatic rings. The van der Waals surface area contributed by atoms with E-state index in [1.165, 1.54) is 12.1 Å². The number of carbonyl (C=O) groups excluding carboxylic acids is 1. The molecule has 0 amide bonds. The number of aryl methyl sites for hydroxylation is 1. The van der Waals surface area contributed by atoms with E-state index in [0.717, 1.165) is 5.56 Å². The Labute approximate surface area is 119 Å². The Kier molecular flexibility index (Phi) is 5.91. The first kappa shape index (κ1) is 16.4. The smallest absolute Gasteiger partial charge is 0.333 e. The van der Waals surface area contributed by atoms with Gasteiger partial charge in [0.05, 0.1) is 18.1 Å². The molecular formula is C14H18O5S. The molecule has 5 nitrogen and oxygen atoms in total. The molecular weight excluding hydrogens is 280 g/mol.